The predicted octanol–water partition coefficient (Wildman–Crippen LogP) is 6.65. The Labute approximate surface area is 455 Å². The number of benzene rings is 2. The van der Waals surface area contributed by atoms with Crippen molar-refractivity contribution < 1.29 is 47.5 Å². The predicted molar refractivity (Wildman–Crippen MR) is 290 cm³/mol. The van der Waals surface area contributed by atoms with Gasteiger partial charge in [-0.3, -0.25) is 14.4 Å². The maximum absolute atomic E-state index is 13.3. The highest BCUT2D eigenvalue weighted by Gasteiger charge is 2.41. The van der Waals surface area contributed by atoms with E-state index >= 15 is 0 Å². The zero-order valence-electron chi connectivity index (χ0n) is 44.4. The molecule has 0 radical (unpaired) electrons. The molecule has 0 unspecified atom stereocenters. The van der Waals surface area contributed by atoms with Crippen LogP contribution in [0.3, 0.4) is 0 Å². The summed E-state index contributed by atoms with van der Waals surface area (Å²) >= 11 is 6.15. The smallest absolute Gasteiger partial charge is 0.272 e. The van der Waals surface area contributed by atoms with Gasteiger partial charge in [-0.25, -0.2) is 4.98 Å². The molecule has 2 aliphatic heterocycles. The highest BCUT2D eigenvalue weighted by Crippen LogP contribution is 2.40. The lowest BCUT2D eigenvalue weighted by Crippen LogP contribution is -2.55. The summed E-state index contributed by atoms with van der Waals surface area (Å²) in [6, 6.07) is 15.9. The van der Waals surface area contributed by atoms with Crippen molar-refractivity contribution in [2.75, 3.05) is 113 Å². The molecular weight excluding hydrogens is 1010 g/mol. The molecule has 4 aliphatic rings. The summed E-state index contributed by atoms with van der Waals surface area (Å²) in [4.78, 5) is 54.7. The van der Waals surface area contributed by atoms with E-state index in [2.05, 4.69) is 47.0 Å². The van der Waals surface area contributed by atoms with E-state index in [0.29, 0.717) is 117 Å². The van der Waals surface area contributed by atoms with E-state index in [1.165, 1.54) is 0 Å². The van der Waals surface area contributed by atoms with Gasteiger partial charge in [-0.15, -0.1) is 10.2 Å². The summed E-state index contributed by atoms with van der Waals surface area (Å²) in [6.45, 7) is 7.74. The number of ether oxygens (including phenoxy) is 7. The molecule has 1 saturated heterocycles. The third-order valence-electron chi connectivity index (χ3n) is 14.4. The molecule has 2 saturated carbocycles. The van der Waals surface area contributed by atoms with Gasteiger partial charge in [0.1, 0.15) is 29.3 Å². The van der Waals surface area contributed by atoms with Crippen molar-refractivity contribution in [1.29, 1.82) is 5.26 Å². The first-order chi connectivity index (χ1) is 37.6. The molecule has 21 nitrogen and oxygen atoms in total. The number of amides is 3. The monoisotopic (exact) mass is 1080 g/mol. The normalized spacial score (nSPS) is 18.9. The van der Waals surface area contributed by atoms with Crippen molar-refractivity contribution in [3.63, 3.8) is 0 Å². The molecule has 414 valence electrons. The molecule has 4 heterocycles. The van der Waals surface area contributed by atoms with Gasteiger partial charge in [0.15, 0.2) is 17.3 Å². The van der Waals surface area contributed by atoms with Crippen molar-refractivity contribution in [3.05, 3.63) is 76.6 Å². The average molecular weight is 1080 g/mol. The van der Waals surface area contributed by atoms with Gasteiger partial charge in [-0.1, -0.05) is 31.4 Å². The lowest BCUT2D eigenvalue weighted by Gasteiger charge is -2.43. The molecule has 3 fully saturated rings. The van der Waals surface area contributed by atoms with Crippen molar-refractivity contribution in [1.82, 2.24) is 30.8 Å². The second-order valence-corrected chi connectivity index (χ2v) is 19.9. The Balaban J connectivity index is 0.610. The minimum absolute atomic E-state index is 0.0176. The molecule has 77 heavy (non-hydrogen) atoms. The summed E-state index contributed by atoms with van der Waals surface area (Å²) in [7, 11) is 3.32. The second-order valence-electron chi connectivity index (χ2n) is 19.5. The molecule has 1 atom stereocenters. The van der Waals surface area contributed by atoms with Crippen molar-refractivity contribution in [3.8, 4) is 17.6 Å². The molecule has 3 N–H and O–H groups in total. The minimum Gasteiger partial charge on any atom is -0.495 e. The van der Waals surface area contributed by atoms with Crippen LogP contribution in [0.5, 0.6) is 11.5 Å². The number of halogens is 1. The van der Waals surface area contributed by atoms with Gasteiger partial charge in [0, 0.05) is 50.4 Å². The van der Waals surface area contributed by atoms with Crippen LogP contribution in [0.25, 0.3) is 0 Å². The Morgan fingerprint density at radius 3 is 2.16 bits per heavy atom. The van der Waals surface area contributed by atoms with Crippen LogP contribution in [0.2, 0.25) is 5.02 Å². The zero-order chi connectivity index (χ0) is 53.9. The number of likely N-dealkylation sites (N-methyl/N-ethyl adjacent to an activating group) is 1. The van der Waals surface area contributed by atoms with Gasteiger partial charge in [0.25, 0.3) is 11.8 Å². The van der Waals surface area contributed by atoms with Crippen LogP contribution in [0, 0.1) is 11.3 Å². The van der Waals surface area contributed by atoms with Gasteiger partial charge >= 0.3 is 0 Å². The third kappa shape index (κ3) is 15.6. The van der Waals surface area contributed by atoms with Crippen molar-refractivity contribution in [2.24, 2.45) is 0 Å². The number of carbonyl (C=O) groups excluding carboxylic acids is 3. The maximum Gasteiger partial charge on any atom is 0.272 e. The quantitative estimate of drug-likeness (QED) is 0.0530. The molecule has 2 aromatic carbocycles. The molecule has 0 spiro atoms. The number of anilines is 5. The summed E-state index contributed by atoms with van der Waals surface area (Å²) in [5, 5.41) is 27.3. The number of fused-ring (bicyclic) bond motifs is 1. The SMILES string of the molecule is CC[C@@H]1C(=O)N(C)c2cnc(Nc3ccc(C(=O)NCCOCCOCCOCCOCCOC4CCN(c5ccc(C(=O)NC6CCC(Oc7ccc(C#N)c(Cl)c7)CC6)nn5)CC4)cc3OC)nc2N1C1CCCC1. The van der Waals surface area contributed by atoms with Crippen LogP contribution >= 0.6 is 11.6 Å². The summed E-state index contributed by atoms with van der Waals surface area (Å²) < 4.78 is 40.4. The molecule has 0 bridgehead atoms. The van der Waals surface area contributed by atoms with E-state index in [9.17, 15) is 14.4 Å². The summed E-state index contributed by atoms with van der Waals surface area (Å²) in [5.74, 6) is 2.52. The van der Waals surface area contributed by atoms with Gasteiger partial charge in [-0.2, -0.15) is 10.2 Å². The first kappa shape index (κ1) is 56.8. The maximum atomic E-state index is 13.3. The van der Waals surface area contributed by atoms with Gasteiger partial charge in [0.05, 0.1) is 101 Å². The van der Waals surface area contributed by atoms with Crippen LogP contribution in [-0.4, -0.2) is 161 Å². The highest BCUT2D eigenvalue weighted by atomic mass is 35.5. The van der Waals surface area contributed by atoms with Crippen LogP contribution in [0.4, 0.5) is 29.0 Å². The summed E-state index contributed by atoms with van der Waals surface area (Å²) in [5.41, 5.74) is 2.43. The lowest BCUT2D eigenvalue weighted by atomic mass is 9.93. The topological polar surface area (TPSA) is 237 Å². The Hall–Kier alpha value is -6.41. The van der Waals surface area contributed by atoms with Crippen molar-refractivity contribution in [2.45, 2.75) is 108 Å². The fraction of sp³-hybridized carbons (Fsp3) is 0.564. The average Bonchev–Trinajstić information content (AvgIpc) is 4.06. The number of aromatic nitrogens is 4. The minimum atomic E-state index is -0.270. The van der Waals surface area contributed by atoms with Gasteiger partial charge in [0.2, 0.25) is 11.9 Å². The first-order valence-electron chi connectivity index (χ1n) is 27.0. The number of nitrogens with one attached hydrogen (secondary N) is 3. The van der Waals surface area contributed by atoms with Gasteiger partial charge < -0.3 is 63.8 Å². The molecule has 4 aromatic rings. The number of carbonyl (C=O) groups is 3. The van der Waals surface area contributed by atoms with E-state index in [1.54, 1.807) is 67.7 Å². The van der Waals surface area contributed by atoms with Crippen LogP contribution in [-0.2, 0) is 28.5 Å². The third-order valence-corrected chi connectivity index (χ3v) is 14.7. The van der Waals surface area contributed by atoms with E-state index in [1.807, 2.05) is 13.0 Å². The molecular formula is C55H72ClN11O10. The van der Waals surface area contributed by atoms with E-state index in [-0.39, 0.29) is 53.7 Å². The number of piperidine rings is 1. The number of methoxy groups -OCH3 is 1. The standard InChI is InChI=1S/C55H72ClN11O10/c1-4-47-54(70)65(2)48-36-59-55(62-51(48)67(47)40-7-5-6-8-40)61-45-16-10-37(33-49(45)71-3)52(68)58-21-24-72-25-26-73-27-28-74-29-30-75-31-32-76-41-19-22-66(23-20-41)50-18-17-46(63-64-50)53(69)60-39-11-14-42(15-12-39)77-43-13-9-38(35-57)44(56)34-43/h9-10,13,16-18,33-34,36,39-42,47H,4-8,11-12,14-15,19-32H2,1-3H3,(H,58,68)(H,60,69)(H,59,61,62)/t39?,42?,47-/m1/s1. The first-order valence-corrected chi connectivity index (χ1v) is 27.3. The van der Waals surface area contributed by atoms with Gasteiger partial charge in [-0.05, 0) is 100 Å². The largest absolute Gasteiger partial charge is 0.495 e. The molecule has 3 amide bonds. The summed E-state index contributed by atoms with van der Waals surface area (Å²) in [6.07, 6.45) is 11.7. The fourth-order valence-electron chi connectivity index (χ4n) is 10.2. The van der Waals surface area contributed by atoms with Crippen LogP contribution < -0.4 is 40.1 Å². The Morgan fingerprint density at radius 1 is 0.805 bits per heavy atom. The number of nitriles is 1. The zero-order valence-corrected chi connectivity index (χ0v) is 45.1. The Morgan fingerprint density at radius 2 is 1.51 bits per heavy atom. The van der Waals surface area contributed by atoms with Crippen LogP contribution in [0.1, 0.15) is 104 Å². The van der Waals surface area contributed by atoms with Crippen LogP contribution in [0.15, 0.2) is 54.7 Å². The highest BCUT2D eigenvalue weighted by molar-refractivity contribution is 6.31. The Bertz CT molecular complexity index is 2610. The Kier molecular flexibility index (Phi) is 21.3. The van der Waals surface area contributed by atoms with E-state index < -0.39 is 0 Å². The number of rotatable bonds is 27. The number of hydrogen-bond acceptors (Lipinski definition) is 18. The number of hydrogen-bond donors (Lipinski definition) is 3. The lowest BCUT2D eigenvalue weighted by molar-refractivity contribution is -0.120. The van der Waals surface area contributed by atoms with Crippen molar-refractivity contribution >= 4 is 58.3 Å². The van der Waals surface area contributed by atoms with E-state index in [0.717, 1.165) is 88.9 Å². The second kappa shape index (κ2) is 28.8. The van der Waals surface area contributed by atoms with E-state index in [4.69, 9.17) is 55.0 Å². The molecule has 2 aromatic heterocycles. The number of nitrogens with zero attached hydrogens (tertiary/aromatic N) is 8. The fourth-order valence-corrected chi connectivity index (χ4v) is 10.4. The molecule has 2 aliphatic carbocycles. The molecule has 22 heteroatoms. The molecule has 8 rings (SSSR count).